The molecular weight excluding hydrogens is 318 g/mol. The molecule has 2 rings (SSSR count). The van der Waals surface area contributed by atoms with E-state index in [4.69, 9.17) is 9.94 Å². The molecule has 0 aliphatic heterocycles. The highest BCUT2D eigenvalue weighted by molar-refractivity contribution is 5.96. The number of Topliss-reactive ketones (excluding diaryl/α,β-unsaturated/α-hetero) is 1. The fourth-order valence-corrected chi connectivity index (χ4v) is 2.64. The van der Waals surface area contributed by atoms with E-state index >= 15 is 0 Å². The van der Waals surface area contributed by atoms with Crippen molar-refractivity contribution in [2.24, 2.45) is 7.05 Å². The highest BCUT2D eigenvalue weighted by Gasteiger charge is 2.18. The Balaban J connectivity index is 2.40. The Morgan fingerprint density at radius 1 is 1.32 bits per heavy atom. The fraction of sp³-hybridized carbons (Fsp3) is 0.316. The van der Waals surface area contributed by atoms with Crippen LogP contribution < -0.4 is 10.8 Å². The second-order valence-electron chi connectivity index (χ2n) is 6.00. The molecule has 0 aliphatic rings. The first-order valence-electron chi connectivity index (χ1n) is 8.08. The molecule has 0 saturated carbocycles. The van der Waals surface area contributed by atoms with E-state index < -0.39 is 0 Å². The van der Waals surface area contributed by atoms with Gasteiger partial charge in [0.05, 0.1) is 24.6 Å². The lowest BCUT2D eigenvalue weighted by molar-refractivity contribution is 0.0482. The number of hydrogen-bond donors (Lipinski definition) is 3. The number of hydroxylamine groups is 1. The van der Waals surface area contributed by atoms with Crippen LogP contribution in [0.3, 0.4) is 0 Å². The van der Waals surface area contributed by atoms with Crippen molar-refractivity contribution >= 4 is 23.0 Å². The Morgan fingerprint density at radius 2 is 2.04 bits per heavy atom. The minimum absolute atomic E-state index is 0.0403. The quantitative estimate of drug-likeness (QED) is 0.390. The summed E-state index contributed by atoms with van der Waals surface area (Å²) in [5.41, 5.74) is 7.74. The van der Waals surface area contributed by atoms with Gasteiger partial charge in [0.1, 0.15) is 5.82 Å². The van der Waals surface area contributed by atoms with E-state index in [0.29, 0.717) is 11.4 Å². The molecule has 0 bridgehead atoms. The summed E-state index contributed by atoms with van der Waals surface area (Å²) in [5, 5.41) is 12.2. The van der Waals surface area contributed by atoms with E-state index in [1.165, 1.54) is 12.5 Å². The lowest BCUT2D eigenvalue weighted by Crippen LogP contribution is -2.15. The summed E-state index contributed by atoms with van der Waals surface area (Å²) in [4.78, 5) is 17.0. The van der Waals surface area contributed by atoms with Crippen molar-refractivity contribution in [1.82, 2.24) is 10.0 Å². The Kier molecular flexibility index (Phi) is 6.01. The van der Waals surface area contributed by atoms with Crippen LogP contribution in [0.4, 0.5) is 11.5 Å². The van der Waals surface area contributed by atoms with Gasteiger partial charge >= 0.3 is 0 Å². The molecule has 6 heteroatoms. The van der Waals surface area contributed by atoms with E-state index in [1.54, 1.807) is 10.6 Å². The normalized spacial score (nSPS) is 10.6. The molecule has 0 radical (unpaired) electrons. The van der Waals surface area contributed by atoms with Crippen molar-refractivity contribution in [2.75, 3.05) is 18.5 Å². The molecule has 0 atom stereocenters. The number of benzene rings is 1. The molecule has 25 heavy (non-hydrogen) atoms. The minimum atomic E-state index is -0.0958. The summed E-state index contributed by atoms with van der Waals surface area (Å²) < 4.78 is 1.80. The molecule has 0 saturated heterocycles. The third kappa shape index (κ3) is 4.29. The molecule has 0 spiro atoms. The highest BCUT2D eigenvalue weighted by Crippen LogP contribution is 2.30. The summed E-state index contributed by atoms with van der Waals surface area (Å²) in [6.07, 6.45) is 0. The van der Waals surface area contributed by atoms with Crippen LogP contribution in [0.2, 0.25) is 0 Å². The van der Waals surface area contributed by atoms with Crippen molar-refractivity contribution in [3.05, 3.63) is 53.2 Å². The number of hydrogen-bond acceptors (Lipinski definition) is 5. The molecule has 0 aliphatic carbocycles. The summed E-state index contributed by atoms with van der Waals surface area (Å²) in [5.74, 6) is 0.698. The second kappa shape index (κ2) is 8.00. The Labute approximate surface area is 148 Å². The number of aliphatic hydroxyl groups is 1. The van der Waals surface area contributed by atoms with Crippen LogP contribution in [0.25, 0.3) is 5.70 Å². The maximum Gasteiger partial charge on any atom is 0.176 e. The summed E-state index contributed by atoms with van der Waals surface area (Å²) >= 11 is 0. The minimum Gasteiger partial charge on any atom is -0.394 e. The van der Waals surface area contributed by atoms with Crippen LogP contribution >= 0.6 is 0 Å². The summed E-state index contributed by atoms with van der Waals surface area (Å²) in [7, 11) is 1.83. The first-order chi connectivity index (χ1) is 11.8. The van der Waals surface area contributed by atoms with Gasteiger partial charge in [0.15, 0.2) is 5.78 Å². The SMILES string of the molecule is C=C(NOCCO)c1cc(C(C)=O)n(C)c1Nc1ccc(C)cc1C. The van der Waals surface area contributed by atoms with E-state index in [1.807, 2.05) is 33.0 Å². The second-order valence-corrected chi connectivity index (χ2v) is 6.00. The predicted octanol–water partition coefficient (Wildman–Crippen LogP) is 3.07. The first kappa shape index (κ1) is 18.8. The zero-order valence-corrected chi connectivity index (χ0v) is 15.1. The number of aliphatic hydroxyl groups excluding tert-OH is 1. The molecular formula is C19H25N3O3. The topological polar surface area (TPSA) is 75.5 Å². The molecule has 134 valence electrons. The van der Waals surface area contributed by atoms with Crippen molar-refractivity contribution < 1.29 is 14.7 Å². The lowest BCUT2D eigenvalue weighted by atomic mass is 10.1. The van der Waals surface area contributed by atoms with Gasteiger partial charge in [-0.15, -0.1) is 0 Å². The van der Waals surface area contributed by atoms with Gasteiger partial charge in [0, 0.05) is 25.2 Å². The average Bonchev–Trinajstić information content (AvgIpc) is 2.87. The van der Waals surface area contributed by atoms with Crippen LogP contribution in [-0.2, 0) is 11.9 Å². The van der Waals surface area contributed by atoms with Gasteiger partial charge < -0.3 is 15.0 Å². The van der Waals surface area contributed by atoms with Gasteiger partial charge in [-0.2, -0.15) is 0 Å². The number of aromatic nitrogens is 1. The first-order valence-corrected chi connectivity index (χ1v) is 8.08. The van der Waals surface area contributed by atoms with Gasteiger partial charge in [-0.25, -0.2) is 0 Å². The van der Waals surface area contributed by atoms with Crippen LogP contribution in [0.15, 0.2) is 30.8 Å². The number of rotatable bonds is 8. The van der Waals surface area contributed by atoms with Crippen molar-refractivity contribution in [1.29, 1.82) is 0 Å². The number of ketones is 1. The van der Waals surface area contributed by atoms with E-state index in [-0.39, 0.29) is 19.0 Å². The number of nitrogens with one attached hydrogen (secondary N) is 2. The number of nitrogens with zero attached hydrogens (tertiary/aromatic N) is 1. The smallest absolute Gasteiger partial charge is 0.176 e. The third-order valence-corrected chi connectivity index (χ3v) is 3.94. The molecule has 1 aromatic heterocycles. The van der Waals surface area contributed by atoms with Crippen LogP contribution in [-0.4, -0.2) is 28.7 Å². The van der Waals surface area contributed by atoms with E-state index in [0.717, 1.165) is 22.6 Å². The maximum atomic E-state index is 11.9. The summed E-state index contributed by atoms with van der Waals surface area (Å²) in [6.45, 7) is 9.62. The van der Waals surface area contributed by atoms with Gasteiger partial charge in [0.2, 0.25) is 0 Å². The number of aryl methyl sites for hydroxylation is 2. The number of anilines is 2. The zero-order valence-electron chi connectivity index (χ0n) is 15.1. The molecule has 6 nitrogen and oxygen atoms in total. The van der Waals surface area contributed by atoms with E-state index in [2.05, 4.69) is 23.4 Å². The van der Waals surface area contributed by atoms with Crippen LogP contribution in [0, 0.1) is 13.8 Å². The molecule has 3 N–H and O–H groups in total. The molecule has 0 unspecified atom stereocenters. The lowest BCUT2D eigenvalue weighted by Gasteiger charge is -2.15. The molecule has 2 aromatic rings. The number of carbonyl (C=O) groups excluding carboxylic acids is 1. The Morgan fingerprint density at radius 3 is 2.64 bits per heavy atom. The van der Waals surface area contributed by atoms with Gasteiger partial charge in [-0.05, 0) is 31.5 Å². The summed E-state index contributed by atoms with van der Waals surface area (Å²) in [6, 6.07) is 7.90. The number of carbonyl (C=O) groups is 1. The average molecular weight is 343 g/mol. The standard InChI is InChI=1S/C19H25N3O3/c1-12-6-7-17(13(2)10-12)20-19-16(14(3)21-25-9-8-23)11-18(15(4)24)22(19)5/h6-7,10-11,20-21,23H,3,8-9H2,1-2,4-5H3. The molecule has 0 amide bonds. The fourth-order valence-electron chi connectivity index (χ4n) is 2.64. The monoisotopic (exact) mass is 343 g/mol. The van der Waals surface area contributed by atoms with Crippen molar-refractivity contribution in [3.63, 3.8) is 0 Å². The zero-order chi connectivity index (χ0) is 18.6. The van der Waals surface area contributed by atoms with Crippen molar-refractivity contribution in [2.45, 2.75) is 20.8 Å². The van der Waals surface area contributed by atoms with Crippen molar-refractivity contribution in [3.8, 4) is 0 Å². The van der Waals surface area contributed by atoms with Crippen LogP contribution in [0.5, 0.6) is 0 Å². The largest absolute Gasteiger partial charge is 0.394 e. The van der Waals surface area contributed by atoms with Gasteiger partial charge in [-0.3, -0.25) is 15.1 Å². The third-order valence-electron chi connectivity index (χ3n) is 3.94. The highest BCUT2D eigenvalue weighted by atomic mass is 16.6. The molecule has 0 fully saturated rings. The Bertz CT molecular complexity index is 793. The van der Waals surface area contributed by atoms with Gasteiger partial charge in [0.25, 0.3) is 0 Å². The maximum absolute atomic E-state index is 11.9. The van der Waals surface area contributed by atoms with E-state index in [9.17, 15) is 4.79 Å². The van der Waals surface area contributed by atoms with Crippen LogP contribution in [0.1, 0.15) is 34.1 Å². The molecule has 1 heterocycles. The Hall–Kier alpha value is -2.57. The predicted molar refractivity (Wildman–Crippen MR) is 99.8 cm³/mol. The molecule has 1 aromatic carbocycles. The van der Waals surface area contributed by atoms with Gasteiger partial charge in [-0.1, -0.05) is 24.3 Å².